The maximum absolute atomic E-state index is 12.5. The van der Waals surface area contributed by atoms with Gasteiger partial charge in [0.1, 0.15) is 5.75 Å². The first kappa shape index (κ1) is 15.8. The Kier molecular flexibility index (Phi) is 4.26. The first-order valence-corrected chi connectivity index (χ1v) is 8.03. The number of carbonyl (C=O) groups excluding carboxylic acids is 2. The van der Waals surface area contributed by atoms with Crippen molar-refractivity contribution in [1.82, 2.24) is 10.2 Å². The normalized spacial score (nSPS) is 27.8. The molecule has 3 rings (SSSR count). The maximum Gasteiger partial charge on any atom is 0.230 e. The van der Waals surface area contributed by atoms with Gasteiger partial charge in [-0.3, -0.25) is 9.59 Å². The number of piperidine rings is 2. The number of nitrogens with one attached hydrogen (secondary N) is 1. The molecule has 1 aromatic carbocycles. The predicted molar refractivity (Wildman–Crippen MR) is 83.7 cm³/mol. The molecule has 1 spiro atoms. The minimum Gasteiger partial charge on any atom is -0.508 e. The van der Waals surface area contributed by atoms with E-state index in [1.165, 1.54) is 0 Å². The number of hydrogen-bond donors (Lipinski definition) is 3. The SMILES string of the molecule is O=C(Cc1ccc(O)cc1)N1CC[C@H](O)[C@@]2(CCCNC2=O)C1. The molecule has 2 heterocycles. The van der Waals surface area contributed by atoms with Gasteiger partial charge in [-0.15, -0.1) is 0 Å². The second-order valence-corrected chi connectivity index (χ2v) is 6.48. The van der Waals surface area contributed by atoms with Crippen LogP contribution < -0.4 is 5.32 Å². The van der Waals surface area contributed by atoms with Crippen molar-refractivity contribution < 1.29 is 19.8 Å². The van der Waals surface area contributed by atoms with Gasteiger partial charge in [0.05, 0.1) is 17.9 Å². The standard InChI is InChI=1S/C17H22N2O4/c20-13-4-2-12(3-5-13)10-15(22)19-9-6-14(21)17(11-19)7-1-8-18-16(17)23/h2-5,14,20-21H,1,6-11H2,(H,18,23)/t14-,17+/m0/s1. The molecule has 2 atom stereocenters. The second-order valence-electron chi connectivity index (χ2n) is 6.48. The molecule has 2 amide bonds. The summed E-state index contributed by atoms with van der Waals surface area (Å²) < 4.78 is 0. The van der Waals surface area contributed by atoms with Crippen LogP contribution >= 0.6 is 0 Å². The molecule has 0 aromatic heterocycles. The smallest absolute Gasteiger partial charge is 0.230 e. The monoisotopic (exact) mass is 318 g/mol. The zero-order valence-corrected chi connectivity index (χ0v) is 13.0. The molecule has 124 valence electrons. The Balaban J connectivity index is 1.71. The van der Waals surface area contributed by atoms with Gasteiger partial charge in [0.2, 0.25) is 11.8 Å². The number of phenols is 1. The molecule has 3 N–H and O–H groups in total. The number of benzene rings is 1. The Morgan fingerprint density at radius 2 is 2.09 bits per heavy atom. The van der Waals surface area contributed by atoms with E-state index in [0.29, 0.717) is 25.9 Å². The van der Waals surface area contributed by atoms with Crippen LogP contribution in [0.1, 0.15) is 24.8 Å². The lowest BCUT2D eigenvalue weighted by atomic mass is 9.71. The highest BCUT2D eigenvalue weighted by molar-refractivity contribution is 5.86. The number of nitrogens with zero attached hydrogens (tertiary/aromatic N) is 1. The van der Waals surface area contributed by atoms with E-state index in [2.05, 4.69) is 5.32 Å². The average molecular weight is 318 g/mol. The number of carbonyl (C=O) groups is 2. The van der Waals surface area contributed by atoms with E-state index in [-0.39, 0.29) is 30.5 Å². The van der Waals surface area contributed by atoms with E-state index < -0.39 is 11.5 Å². The van der Waals surface area contributed by atoms with Gasteiger partial charge in [-0.2, -0.15) is 0 Å². The third-order valence-electron chi connectivity index (χ3n) is 4.97. The summed E-state index contributed by atoms with van der Waals surface area (Å²) in [5, 5.41) is 22.5. The Hall–Kier alpha value is -2.08. The first-order chi connectivity index (χ1) is 11.0. The van der Waals surface area contributed by atoms with Crippen LogP contribution in [0.4, 0.5) is 0 Å². The molecule has 2 fully saturated rings. The molecule has 0 aliphatic carbocycles. The summed E-state index contributed by atoms with van der Waals surface area (Å²) in [6.45, 7) is 1.37. The van der Waals surface area contributed by atoms with Crippen molar-refractivity contribution in [1.29, 1.82) is 0 Å². The number of aliphatic hydroxyl groups is 1. The molecule has 0 unspecified atom stereocenters. The molecule has 6 heteroatoms. The molecule has 0 radical (unpaired) electrons. The van der Waals surface area contributed by atoms with Crippen LogP contribution in [-0.4, -0.2) is 52.7 Å². The van der Waals surface area contributed by atoms with Crippen molar-refractivity contribution in [3.05, 3.63) is 29.8 Å². The topological polar surface area (TPSA) is 89.9 Å². The van der Waals surface area contributed by atoms with Crippen molar-refractivity contribution in [2.24, 2.45) is 5.41 Å². The first-order valence-electron chi connectivity index (χ1n) is 8.03. The van der Waals surface area contributed by atoms with Crippen molar-refractivity contribution >= 4 is 11.8 Å². The Bertz CT molecular complexity index is 601. The van der Waals surface area contributed by atoms with E-state index in [1.54, 1.807) is 29.2 Å². The van der Waals surface area contributed by atoms with Gasteiger partial charge in [-0.1, -0.05) is 12.1 Å². The van der Waals surface area contributed by atoms with Crippen LogP contribution in [0, 0.1) is 5.41 Å². The highest BCUT2D eigenvalue weighted by atomic mass is 16.3. The summed E-state index contributed by atoms with van der Waals surface area (Å²) in [4.78, 5) is 26.5. The lowest BCUT2D eigenvalue weighted by Gasteiger charge is -2.46. The van der Waals surface area contributed by atoms with Crippen LogP contribution in [0.25, 0.3) is 0 Å². The Morgan fingerprint density at radius 3 is 2.78 bits per heavy atom. The van der Waals surface area contributed by atoms with E-state index in [0.717, 1.165) is 12.0 Å². The van der Waals surface area contributed by atoms with Crippen LogP contribution in [0.15, 0.2) is 24.3 Å². The Labute approximate surface area is 135 Å². The summed E-state index contributed by atoms with van der Waals surface area (Å²) in [6.07, 6.45) is 1.40. The molecule has 1 aromatic rings. The number of rotatable bonds is 2. The number of likely N-dealkylation sites (tertiary alicyclic amines) is 1. The van der Waals surface area contributed by atoms with Gasteiger partial charge in [0.25, 0.3) is 0 Å². The van der Waals surface area contributed by atoms with Gasteiger partial charge in [0, 0.05) is 19.6 Å². The van der Waals surface area contributed by atoms with Gasteiger partial charge < -0.3 is 20.4 Å². The quantitative estimate of drug-likeness (QED) is 0.737. The third-order valence-corrected chi connectivity index (χ3v) is 4.97. The molecule has 2 aliphatic rings. The number of hydrogen-bond acceptors (Lipinski definition) is 4. The zero-order chi connectivity index (χ0) is 16.4. The molecule has 2 aliphatic heterocycles. The highest BCUT2D eigenvalue weighted by Gasteiger charge is 2.50. The van der Waals surface area contributed by atoms with E-state index in [1.807, 2.05) is 0 Å². The molecule has 0 bridgehead atoms. The minimum absolute atomic E-state index is 0.0552. The van der Waals surface area contributed by atoms with Crippen LogP contribution in [0.2, 0.25) is 0 Å². The molecular weight excluding hydrogens is 296 g/mol. The lowest BCUT2D eigenvalue weighted by molar-refractivity contribution is -0.154. The lowest BCUT2D eigenvalue weighted by Crippen LogP contribution is -2.62. The summed E-state index contributed by atoms with van der Waals surface area (Å²) in [5.41, 5.74) is -0.0396. The van der Waals surface area contributed by atoms with Crippen LogP contribution in [-0.2, 0) is 16.0 Å². The fourth-order valence-corrected chi connectivity index (χ4v) is 3.56. The number of aromatic hydroxyl groups is 1. The third kappa shape index (κ3) is 3.03. The number of phenolic OH excluding ortho intramolecular Hbond substituents is 1. The van der Waals surface area contributed by atoms with Crippen LogP contribution in [0.5, 0.6) is 5.75 Å². The fourth-order valence-electron chi connectivity index (χ4n) is 3.56. The minimum atomic E-state index is -0.860. The van der Waals surface area contributed by atoms with E-state index in [4.69, 9.17) is 0 Å². The highest BCUT2D eigenvalue weighted by Crippen LogP contribution is 2.37. The number of amides is 2. The largest absolute Gasteiger partial charge is 0.508 e. The summed E-state index contributed by atoms with van der Waals surface area (Å²) in [6, 6.07) is 6.54. The average Bonchev–Trinajstić information content (AvgIpc) is 2.55. The molecule has 6 nitrogen and oxygen atoms in total. The molecule has 23 heavy (non-hydrogen) atoms. The molecule has 2 saturated heterocycles. The predicted octanol–water partition coefficient (Wildman–Crippen LogP) is 0.424. The van der Waals surface area contributed by atoms with Crippen LogP contribution in [0.3, 0.4) is 0 Å². The van der Waals surface area contributed by atoms with Gasteiger partial charge in [-0.25, -0.2) is 0 Å². The van der Waals surface area contributed by atoms with Crippen molar-refractivity contribution in [3.8, 4) is 5.75 Å². The zero-order valence-electron chi connectivity index (χ0n) is 13.0. The summed E-state index contributed by atoms with van der Waals surface area (Å²) in [5.74, 6) is -0.0288. The van der Waals surface area contributed by atoms with Gasteiger partial charge in [-0.05, 0) is 37.0 Å². The summed E-state index contributed by atoms with van der Waals surface area (Å²) >= 11 is 0. The summed E-state index contributed by atoms with van der Waals surface area (Å²) in [7, 11) is 0. The van der Waals surface area contributed by atoms with Crippen molar-refractivity contribution in [2.75, 3.05) is 19.6 Å². The molecule has 0 saturated carbocycles. The van der Waals surface area contributed by atoms with Gasteiger partial charge >= 0.3 is 0 Å². The van der Waals surface area contributed by atoms with Crippen molar-refractivity contribution in [2.45, 2.75) is 31.8 Å². The molecular formula is C17H22N2O4. The maximum atomic E-state index is 12.5. The second kappa shape index (κ2) is 6.20. The number of aliphatic hydroxyl groups excluding tert-OH is 1. The Morgan fingerprint density at radius 1 is 1.35 bits per heavy atom. The van der Waals surface area contributed by atoms with Gasteiger partial charge in [0.15, 0.2) is 0 Å². The van der Waals surface area contributed by atoms with Crippen molar-refractivity contribution in [3.63, 3.8) is 0 Å². The van der Waals surface area contributed by atoms with E-state index >= 15 is 0 Å². The fraction of sp³-hybridized carbons (Fsp3) is 0.529. The van der Waals surface area contributed by atoms with E-state index in [9.17, 15) is 19.8 Å².